The Labute approximate surface area is 146 Å². The largest absolute Gasteiger partial charge is 0.394 e. The zero-order chi connectivity index (χ0) is 17.7. The van der Waals surface area contributed by atoms with Crippen molar-refractivity contribution in [2.75, 3.05) is 6.61 Å². The van der Waals surface area contributed by atoms with Crippen molar-refractivity contribution >= 4 is 27.5 Å². The number of amides is 1. The maximum absolute atomic E-state index is 13.0. The first-order valence-electron chi connectivity index (χ1n) is 7.89. The minimum absolute atomic E-state index is 0.00640. The summed E-state index contributed by atoms with van der Waals surface area (Å²) in [7, 11) is 1.65. The van der Waals surface area contributed by atoms with Gasteiger partial charge in [0, 0.05) is 19.2 Å². The SMILES string of the molecule is Cc1c(C(=O)N2Cc3cnn(CCO)c3C2)sc2ncn(C)c(=O)c12. The number of carbonyl (C=O) groups excluding carboxylic acids is 1. The van der Waals surface area contributed by atoms with Gasteiger partial charge in [0.1, 0.15) is 4.83 Å². The van der Waals surface area contributed by atoms with Gasteiger partial charge in [-0.25, -0.2) is 4.98 Å². The molecule has 3 aromatic rings. The number of nitrogens with zero attached hydrogens (tertiary/aromatic N) is 5. The Kier molecular flexibility index (Phi) is 3.69. The second-order valence-electron chi connectivity index (χ2n) is 6.12. The molecule has 1 aliphatic rings. The average molecular weight is 359 g/mol. The summed E-state index contributed by atoms with van der Waals surface area (Å²) in [6.45, 7) is 3.16. The number of fused-ring (bicyclic) bond motifs is 2. The highest BCUT2D eigenvalue weighted by molar-refractivity contribution is 7.20. The van der Waals surface area contributed by atoms with Gasteiger partial charge in [-0.05, 0) is 12.5 Å². The number of aryl methyl sites for hydroxylation is 2. The van der Waals surface area contributed by atoms with Crippen molar-refractivity contribution in [3.8, 4) is 0 Å². The molecule has 0 radical (unpaired) electrons. The average Bonchev–Trinajstić information content (AvgIpc) is 3.25. The maximum atomic E-state index is 13.0. The lowest BCUT2D eigenvalue weighted by atomic mass is 10.2. The Morgan fingerprint density at radius 2 is 2.20 bits per heavy atom. The molecule has 0 unspecified atom stereocenters. The highest BCUT2D eigenvalue weighted by atomic mass is 32.1. The fourth-order valence-corrected chi connectivity index (χ4v) is 4.30. The molecule has 0 aliphatic carbocycles. The van der Waals surface area contributed by atoms with E-state index >= 15 is 0 Å². The number of aliphatic hydroxyl groups excluding tert-OH is 1. The smallest absolute Gasteiger partial charge is 0.264 e. The van der Waals surface area contributed by atoms with Crippen LogP contribution in [0.4, 0.5) is 0 Å². The summed E-state index contributed by atoms with van der Waals surface area (Å²) in [5.41, 5.74) is 2.50. The van der Waals surface area contributed by atoms with Crippen LogP contribution in [0.25, 0.3) is 10.2 Å². The number of carbonyl (C=O) groups is 1. The summed E-state index contributed by atoms with van der Waals surface area (Å²) in [4.78, 5) is 32.5. The van der Waals surface area contributed by atoms with Gasteiger partial charge in [0.2, 0.25) is 0 Å². The Hall–Kier alpha value is -2.52. The lowest BCUT2D eigenvalue weighted by Gasteiger charge is -2.15. The van der Waals surface area contributed by atoms with Crippen molar-refractivity contribution in [1.29, 1.82) is 0 Å². The Bertz CT molecular complexity index is 1050. The van der Waals surface area contributed by atoms with Crippen molar-refractivity contribution in [2.45, 2.75) is 26.6 Å². The first-order chi connectivity index (χ1) is 12.0. The molecule has 1 amide bonds. The van der Waals surface area contributed by atoms with Crippen LogP contribution in [-0.4, -0.2) is 41.9 Å². The molecule has 4 rings (SSSR count). The van der Waals surface area contributed by atoms with E-state index < -0.39 is 0 Å². The third-order valence-electron chi connectivity index (χ3n) is 4.54. The van der Waals surface area contributed by atoms with E-state index in [4.69, 9.17) is 5.11 Å². The molecule has 0 saturated heterocycles. The highest BCUT2D eigenvalue weighted by Crippen LogP contribution is 2.31. The van der Waals surface area contributed by atoms with Crippen LogP contribution in [0.1, 0.15) is 26.5 Å². The van der Waals surface area contributed by atoms with Crippen LogP contribution in [0.5, 0.6) is 0 Å². The van der Waals surface area contributed by atoms with E-state index in [0.29, 0.717) is 40.3 Å². The standard InChI is InChI=1S/C16H17N5O3S/c1-9-12-14(17-8-19(2)15(12)23)25-13(9)16(24)20-6-10-5-18-21(3-4-22)11(10)7-20/h5,8,22H,3-4,6-7H2,1-2H3. The van der Waals surface area contributed by atoms with Gasteiger partial charge in [-0.2, -0.15) is 5.10 Å². The molecule has 1 aliphatic heterocycles. The maximum Gasteiger partial charge on any atom is 0.264 e. The summed E-state index contributed by atoms with van der Waals surface area (Å²) >= 11 is 1.26. The van der Waals surface area contributed by atoms with E-state index in [1.165, 1.54) is 22.2 Å². The summed E-state index contributed by atoms with van der Waals surface area (Å²) < 4.78 is 3.16. The summed E-state index contributed by atoms with van der Waals surface area (Å²) in [5, 5.41) is 13.9. The molecular formula is C16H17N5O3S. The molecule has 0 saturated carbocycles. The van der Waals surface area contributed by atoms with E-state index in [2.05, 4.69) is 10.1 Å². The Balaban J connectivity index is 1.69. The van der Waals surface area contributed by atoms with Gasteiger partial charge in [-0.15, -0.1) is 11.3 Å². The van der Waals surface area contributed by atoms with Gasteiger partial charge in [-0.3, -0.25) is 14.3 Å². The van der Waals surface area contributed by atoms with Crippen LogP contribution < -0.4 is 5.56 Å². The zero-order valence-corrected chi connectivity index (χ0v) is 14.7. The van der Waals surface area contributed by atoms with Crippen LogP contribution in [0.3, 0.4) is 0 Å². The molecule has 9 heteroatoms. The fourth-order valence-electron chi connectivity index (χ4n) is 3.19. The number of aromatic nitrogens is 4. The van der Waals surface area contributed by atoms with Crippen molar-refractivity contribution in [1.82, 2.24) is 24.2 Å². The van der Waals surface area contributed by atoms with Crippen molar-refractivity contribution in [2.24, 2.45) is 7.05 Å². The molecule has 3 aromatic heterocycles. The lowest BCUT2D eigenvalue weighted by Crippen LogP contribution is -2.26. The Morgan fingerprint density at radius 1 is 1.40 bits per heavy atom. The summed E-state index contributed by atoms with van der Waals surface area (Å²) in [5.74, 6) is -0.102. The van der Waals surface area contributed by atoms with Gasteiger partial charge in [0.25, 0.3) is 11.5 Å². The quantitative estimate of drug-likeness (QED) is 0.741. The van der Waals surface area contributed by atoms with Crippen LogP contribution in [-0.2, 0) is 26.7 Å². The molecule has 4 heterocycles. The molecule has 0 aromatic carbocycles. The van der Waals surface area contributed by atoms with Gasteiger partial charge in [-0.1, -0.05) is 0 Å². The van der Waals surface area contributed by atoms with Gasteiger partial charge >= 0.3 is 0 Å². The fraction of sp³-hybridized carbons (Fsp3) is 0.375. The monoisotopic (exact) mass is 359 g/mol. The predicted octanol–water partition coefficient (Wildman–Crippen LogP) is 0.648. The molecule has 1 N–H and O–H groups in total. The number of aliphatic hydroxyl groups is 1. The number of thiophene rings is 1. The minimum atomic E-state index is -0.138. The van der Waals surface area contributed by atoms with E-state index in [1.807, 2.05) is 0 Å². The first-order valence-corrected chi connectivity index (χ1v) is 8.71. The molecule has 130 valence electrons. The topological polar surface area (TPSA) is 93.2 Å². The summed E-state index contributed by atoms with van der Waals surface area (Å²) in [6, 6.07) is 0. The van der Waals surface area contributed by atoms with E-state index in [-0.39, 0.29) is 18.1 Å². The molecule has 8 nitrogen and oxygen atoms in total. The number of rotatable bonds is 3. The van der Waals surface area contributed by atoms with Crippen LogP contribution in [0.2, 0.25) is 0 Å². The van der Waals surface area contributed by atoms with E-state index in [0.717, 1.165) is 11.3 Å². The molecule has 0 spiro atoms. The number of hydrogen-bond acceptors (Lipinski definition) is 6. The Morgan fingerprint density at radius 3 is 2.96 bits per heavy atom. The van der Waals surface area contributed by atoms with Crippen molar-refractivity contribution in [3.05, 3.63) is 44.6 Å². The molecule has 0 bridgehead atoms. The molecule has 0 fully saturated rings. The normalized spacial score (nSPS) is 13.6. The van der Waals surface area contributed by atoms with Gasteiger partial charge in [0.15, 0.2) is 0 Å². The second kappa shape index (κ2) is 5.78. The molecular weight excluding hydrogens is 342 g/mol. The third kappa shape index (κ3) is 2.38. The van der Waals surface area contributed by atoms with Crippen molar-refractivity contribution in [3.63, 3.8) is 0 Å². The molecule has 0 atom stereocenters. The minimum Gasteiger partial charge on any atom is -0.394 e. The summed E-state index contributed by atoms with van der Waals surface area (Å²) in [6.07, 6.45) is 3.22. The van der Waals surface area contributed by atoms with Crippen molar-refractivity contribution < 1.29 is 9.90 Å². The van der Waals surface area contributed by atoms with E-state index in [1.54, 1.807) is 29.7 Å². The van der Waals surface area contributed by atoms with Gasteiger partial charge in [0.05, 0.1) is 48.2 Å². The predicted molar refractivity (Wildman–Crippen MR) is 92.5 cm³/mol. The van der Waals surface area contributed by atoms with Crippen LogP contribution >= 0.6 is 11.3 Å². The molecule has 25 heavy (non-hydrogen) atoms. The lowest BCUT2D eigenvalue weighted by molar-refractivity contribution is 0.0752. The van der Waals surface area contributed by atoms with E-state index in [9.17, 15) is 9.59 Å². The van der Waals surface area contributed by atoms with Gasteiger partial charge < -0.3 is 14.6 Å². The van der Waals surface area contributed by atoms with Crippen LogP contribution in [0.15, 0.2) is 17.3 Å². The zero-order valence-electron chi connectivity index (χ0n) is 13.9. The third-order valence-corrected chi connectivity index (χ3v) is 5.73. The van der Waals surface area contributed by atoms with Crippen LogP contribution in [0, 0.1) is 6.92 Å². The second-order valence-corrected chi connectivity index (χ2v) is 7.12. The number of hydrogen-bond donors (Lipinski definition) is 1. The first kappa shape index (κ1) is 16.0. The highest BCUT2D eigenvalue weighted by Gasteiger charge is 2.30.